The molecular weight excluding hydrogens is 316 g/mol. The molecule has 0 aliphatic carbocycles. The molecule has 24 heavy (non-hydrogen) atoms. The predicted molar refractivity (Wildman–Crippen MR) is 83.3 cm³/mol. The minimum atomic E-state index is -3.56. The maximum atomic E-state index is 14.1. The van der Waals surface area contributed by atoms with Crippen LogP contribution in [0, 0.1) is 5.92 Å². The molecule has 0 N–H and O–H groups in total. The first-order chi connectivity index (χ1) is 11.6. The van der Waals surface area contributed by atoms with Gasteiger partial charge in [0.1, 0.15) is 5.69 Å². The largest absolute Gasteiger partial charge is 0.381 e. The van der Waals surface area contributed by atoms with Gasteiger partial charge in [0.05, 0.1) is 12.8 Å². The van der Waals surface area contributed by atoms with Crippen LogP contribution in [0.15, 0.2) is 42.6 Å². The van der Waals surface area contributed by atoms with Gasteiger partial charge in [-0.25, -0.2) is 0 Å². The second-order valence-corrected chi connectivity index (χ2v) is 5.73. The van der Waals surface area contributed by atoms with Crippen molar-refractivity contribution >= 4 is 11.9 Å². The average Bonchev–Trinajstić information content (AvgIpc) is 3.26. The molecule has 1 aliphatic rings. The molecule has 1 aromatic heterocycles. The lowest BCUT2D eigenvalue weighted by atomic mass is 10.0. The SMILES string of the molecule is O=C(/C=C/c1cn(CC2CCOC2)nn1)C(F)(F)c1ccccc1. The summed E-state index contributed by atoms with van der Waals surface area (Å²) in [5.74, 6) is -4.46. The van der Waals surface area contributed by atoms with E-state index in [0.29, 0.717) is 24.8 Å². The number of halogens is 2. The van der Waals surface area contributed by atoms with Gasteiger partial charge in [-0.05, 0) is 18.6 Å². The van der Waals surface area contributed by atoms with Gasteiger partial charge >= 0.3 is 5.92 Å². The molecule has 5 nitrogen and oxygen atoms in total. The number of ketones is 1. The highest BCUT2D eigenvalue weighted by atomic mass is 19.3. The van der Waals surface area contributed by atoms with Crippen LogP contribution in [0.5, 0.6) is 0 Å². The highest BCUT2D eigenvalue weighted by molar-refractivity contribution is 5.99. The number of rotatable bonds is 6. The molecule has 1 aromatic carbocycles. The lowest BCUT2D eigenvalue weighted by molar-refractivity contribution is -0.138. The Labute approximate surface area is 137 Å². The zero-order valence-electron chi connectivity index (χ0n) is 12.9. The molecule has 2 aromatic rings. The average molecular weight is 333 g/mol. The van der Waals surface area contributed by atoms with E-state index in [9.17, 15) is 13.6 Å². The van der Waals surface area contributed by atoms with Crippen LogP contribution in [0.4, 0.5) is 8.78 Å². The molecule has 0 saturated carbocycles. The molecular formula is C17H17F2N3O2. The van der Waals surface area contributed by atoms with Gasteiger partial charge < -0.3 is 4.74 Å². The smallest absolute Gasteiger partial charge is 0.334 e. The molecule has 3 rings (SSSR count). The Bertz CT molecular complexity index is 722. The Morgan fingerprint density at radius 2 is 2.17 bits per heavy atom. The molecule has 0 bridgehead atoms. The number of alkyl halides is 2. The minimum Gasteiger partial charge on any atom is -0.381 e. The van der Waals surface area contributed by atoms with Gasteiger partial charge in [0.2, 0.25) is 5.78 Å². The van der Waals surface area contributed by atoms with E-state index in [4.69, 9.17) is 4.74 Å². The number of carbonyl (C=O) groups excluding carboxylic acids is 1. The number of carbonyl (C=O) groups is 1. The minimum absolute atomic E-state index is 0.329. The Kier molecular flexibility index (Phi) is 4.80. The van der Waals surface area contributed by atoms with Crippen molar-refractivity contribution in [2.24, 2.45) is 5.92 Å². The molecule has 0 amide bonds. The molecule has 1 atom stereocenters. The van der Waals surface area contributed by atoms with Crippen molar-refractivity contribution in [2.45, 2.75) is 18.9 Å². The van der Waals surface area contributed by atoms with Crippen molar-refractivity contribution in [1.82, 2.24) is 15.0 Å². The topological polar surface area (TPSA) is 57.0 Å². The van der Waals surface area contributed by atoms with Crippen LogP contribution in [-0.2, 0) is 22.0 Å². The first-order valence-electron chi connectivity index (χ1n) is 7.69. The third-order valence-corrected chi connectivity index (χ3v) is 3.88. The molecule has 7 heteroatoms. The van der Waals surface area contributed by atoms with Crippen LogP contribution in [0.2, 0.25) is 0 Å². The summed E-state index contributed by atoms with van der Waals surface area (Å²) in [5, 5.41) is 7.81. The standard InChI is InChI=1S/C17H17F2N3O2/c18-17(19,14-4-2-1-3-5-14)16(23)7-6-15-11-22(21-20-15)10-13-8-9-24-12-13/h1-7,11,13H,8-10,12H2/b7-6+. The molecule has 0 radical (unpaired) electrons. The van der Waals surface area contributed by atoms with E-state index in [1.165, 1.54) is 30.3 Å². The number of ether oxygens (including phenoxy) is 1. The van der Waals surface area contributed by atoms with Gasteiger partial charge in [0.15, 0.2) is 0 Å². The second kappa shape index (κ2) is 7.00. The second-order valence-electron chi connectivity index (χ2n) is 5.73. The normalized spacial score (nSPS) is 18.3. The fraction of sp³-hybridized carbons (Fsp3) is 0.353. The molecule has 1 saturated heterocycles. The maximum Gasteiger partial charge on any atom is 0.334 e. The van der Waals surface area contributed by atoms with E-state index < -0.39 is 11.7 Å². The van der Waals surface area contributed by atoms with Crippen LogP contribution >= 0.6 is 0 Å². The Balaban J connectivity index is 1.64. The summed E-state index contributed by atoms with van der Waals surface area (Å²) >= 11 is 0. The van der Waals surface area contributed by atoms with Gasteiger partial charge in [-0.2, -0.15) is 8.78 Å². The molecule has 1 fully saturated rings. The number of nitrogens with zero attached hydrogens (tertiary/aromatic N) is 3. The molecule has 1 unspecified atom stereocenters. The third kappa shape index (κ3) is 3.73. The van der Waals surface area contributed by atoms with Crippen molar-refractivity contribution in [3.8, 4) is 0 Å². The van der Waals surface area contributed by atoms with Crippen LogP contribution in [-0.4, -0.2) is 34.0 Å². The number of benzene rings is 1. The quantitative estimate of drug-likeness (QED) is 0.763. The van der Waals surface area contributed by atoms with Gasteiger partial charge in [-0.3, -0.25) is 9.48 Å². The van der Waals surface area contributed by atoms with Gasteiger partial charge in [-0.15, -0.1) is 5.10 Å². The third-order valence-electron chi connectivity index (χ3n) is 3.88. The fourth-order valence-corrected chi connectivity index (χ4v) is 2.53. The summed E-state index contributed by atoms with van der Waals surface area (Å²) in [5.41, 5.74) is 0.0377. The first kappa shape index (κ1) is 16.4. The molecule has 1 aliphatic heterocycles. The van der Waals surface area contributed by atoms with Crippen molar-refractivity contribution in [1.29, 1.82) is 0 Å². The van der Waals surface area contributed by atoms with E-state index in [2.05, 4.69) is 10.3 Å². The summed E-state index contributed by atoms with van der Waals surface area (Å²) in [6.07, 6.45) is 4.70. The number of hydrogen-bond acceptors (Lipinski definition) is 4. The van der Waals surface area contributed by atoms with E-state index in [-0.39, 0.29) is 5.56 Å². The zero-order chi connectivity index (χ0) is 17.0. The number of aromatic nitrogens is 3. The van der Waals surface area contributed by atoms with Gasteiger partial charge in [-0.1, -0.05) is 35.5 Å². The van der Waals surface area contributed by atoms with E-state index >= 15 is 0 Å². The summed E-state index contributed by atoms with van der Waals surface area (Å²) in [7, 11) is 0. The van der Waals surface area contributed by atoms with Gasteiger partial charge in [0, 0.05) is 24.6 Å². The predicted octanol–water partition coefficient (Wildman–Crippen LogP) is 2.69. The summed E-state index contributed by atoms with van der Waals surface area (Å²) in [6.45, 7) is 2.09. The Morgan fingerprint density at radius 1 is 1.38 bits per heavy atom. The van der Waals surface area contributed by atoms with Gasteiger partial charge in [0.25, 0.3) is 0 Å². The van der Waals surface area contributed by atoms with Crippen LogP contribution < -0.4 is 0 Å². The van der Waals surface area contributed by atoms with Crippen molar-refractivity contribution in [2.75, 3.05) is 13.2 Å². The fourth-order valence-electron chi connectivity index (χ4n) is 2.53. The van der Waals surface area contributed by atoms with E-state index in [1.54, 1.807) is 16.9 Å². The summed E-state index contributed by atoms with van der Waals surface area (Å²) in [6, 6.07) is 7.02. The lowest BCUT2D eigenvalue weighted by Crippen LogP contribution is -2.23. The summed E-state index contributed by atoms with van der Waals surface area (Å²) < 4.78 is 35.1. The monoisotopic (exact) mass is 333 g/mol. The molecule has 0 spiro atoms. The number of hydrogen-bond donors (Lipinski definition) is 0. The Morgan fingerprint density at radius 3 is 2.88 bits per heavy atom. The highest BCUT2D eigenvalue weighted by Crippen LogP contribution is 2.29. The lowest BCUT2D eigenvalue weighted by Gasteiger charge is -2.12. The van der Waals surface area contributed by atoms with Crippen LogP contribution in [0.3, 0.4) is 0 Å². The molecule has 126 valence electrons. The number of allylic oxidation sites excluding steroid dienone is 1. The maximum absolute atomic E-state index is 14.1. The van der Waals surface area contributed by atoms with Crippen molar-refractivity contribution in [3.63, 3.8) is 0 Å². The van der Waals surface area contributed by atoms with Crippen LogP contribution in [0.25, 0.3) is 6.08 Å². The zero-order valence-corrected chi connectivity index (χ0v) is 12.9. The van der Waals surface area contributed by atoms with Crippen molar-refractivity contribution < 1.29 is 18.3 Å². The first-order valence-corrected chi connectivity index (χ1v) is 7.69. The van der Waals surface area contributed by atoms with E-state index in [1.807, 2.05) is 0 Å². The van der Waals surface area contributed by atoms with E-state index in [0.717, 1.165) is 19.1 Å². The highest BCUT2D eigenvalue weighted by Gasteiger charge is 2.38. The summed E-state index contributed by atoms with van der Waals surface area (Å²) in [4.78, 5) is 11.8. The van der Waals surface area contributed by atoms with Crippen molar-refractivity contribution in [3.05, 3.63) is 53.9 Å². The molecule has 2 heterocycles. The Hall–Kier alpha value is -2.41. The van der Waals surface area contributed by atoms with Crippen LogP contribution in [0.1, 0.15) is 17.7 Å².